The van der Waals surface area contributed by atoms with Crippen LogP contribution in [-0.2, 0) is 0 Å². The van der Waals surface area contributed by atoms with E-state index in [-0.39, 0.29) is 0 Å². The maximum Gasteiger partial charge on any atom is 0.0373 e. The predicted octanol–water partition coefficient (Wildman–Crippen LogP) is 8.64. The summed E-state index contributed by atoms with van der Waals surface area (Å²) in [6, 6.07) is 0. The molecule has 8 atom stereocenters. The highest BCUT2D eigenvalue weighted by molar-refractivity contribution is 6.20. The molecule has 0 bridgehead atoms. The second-order valence-electron chi connectivity index (χ2n) is 12.1. The normalized spacial score (nSPS) is 46.5. The fourth-order valence-electron chi connectivity index (χ4n) is 8.64. The Hall–Kier alpha value is 0.0300. The standard InChI is InChI=1S/C27H45Cl/c1-18(2)7-6-8-19(3)23-11-12-24-22-10-9-20-17-21(28)13-15-26(20,4)25(22)14-16-27(23,24)5/h9,18-19,21-25H,6-8,10-17H2,1-5H3/t19-,21+,22+,23-,24+,25+,26?,27-/m1/s1. The molecule has 0 aromatic rings. The molecule has 4 rings (SSSR count). The lowest BCUT2D eigenvalue weighted by molar-refractivity contribution is -0.0498. The van der Waals surface area contributed by atoms with Gasteiger partial charge in [0, 0.05) is 5.38 Å². The van der Waals surface area contributed by atoms with Gasteiger partial charge >= 0.3 is 0 Å². The van der Waals surface area contributed by atoms with Crippen molar-refractivity contribution in [2.45, 2.75) is 111 Å². The molecule has 3 fully saturated rings. The van der Waals surface area contributed by atoms with Gasteiger partial charge in [-0.1, -0.05) is 65.5 Å². The van der Waals surface area contributed by atoms with E-state index in [2.05, 4.69) is 40.7 Å². The maximum absolute atomic E-state index is 6.56. The molecule has 0 heterocycles. The molecule has 4 aliphatic rings. The van der Waals surface area contributed by atoms with E-state index in [4.69, 9.17) is 11.6 Å². The molecule has 0 saturated heterocycles. The molecular weight excluding hydrogens is 360 g/mol. The van der Waals surface area contributed by atoms with Crippen molar-refractivity contribution in [3.63, 3.8) is 0 Å². The van der Waals surface area contributed by atoms with Gasteiger partial charge in [0.25, 0.3) is 0 Å². The third-order valence-electron chi connectivity index (χ3n) is 10.2. The van der Waals surface area contributed by atoms with Crippen molar-refractivity contribution in [2.75, 3.05) is 0 Å². The van der Waals surface area contributed by atoms with Gasteiger partial charge in [0.05, 0.1) is 0 Å². The van der Waals surface area contributed by atoms with E-state index in [0.717, 1.165) is 35.5 Å². The molecule has 0 amide bonds. The third kappa shape index (κ3) is 3.52. The van der Waals surface area contributed by atoms with E-state index in [1.165, 1.54) is 70.6 Å². The maximum atomic E-state index is 6.56. The zero-order chi connectivity index (χ0) is 20.1. The van der Waals surface area contributed by atoms with E-state index in [1.54, 1.807) is 5.57 Å². The van der Waals surface area contributed by atoms with Crippen LogP contribution in [0.3, 0.4) is 0 Å². The van der Waals surface area contributed by atoms with Crippen LogP contribution in [0.1, 0.15) is 105 Å². The first-order valence-electron chi connectivity index (χ1n) is 12.6. The lowest BCUT2D eigenvalue weighted by atomic mass is 9.47. The van der Waals surface area contributed by atoms with Crippen molar-refractivity contribution in [1.29, 1.82) is 0 Å². The molecule has 0 radical (unpaired) electrons. The zero-order valence-electron chi connectivity index (χ0n) is 19.3. The minimum atomic E-state index is 0.396. The number of halogens is 1. The largest absolute Gasteiger partial charge is 0.123 e. The highest BCUT2D eigenvalue weighted by Crippen LogP contribution is 2.67. The van der Waals surface area contributed by atoms with Crippen LogP contribution >= 0.6 is 11.6 Å². The number of allylic oxidation sites excluding steroid dienone is 2. The highest BCUT2D eigenvalue weighted by Gasteiger charge is 2.58. The van der Waals surface area contributed by atoms with Crippen LogP contribution in [0, 0.1) is 46.3 Å². The van der Waals surface area contributed by atoms with Gasteiger partial charge in [0.15, 0.2) is 0 Å². The summed E-state index contributed by atoms with van der Waals surface area (Å²) in [7, 11) is 0. The SMILES string of the molecule is CC(C)CCC[C@@H](C)[C@H]1CC[C@H]2[C@@H]3CC=C4C[C@@H](Cl)CCC4(C)[C@H]3CC[C@]12C. The second-order valence-corrected chi connectivity index (χ2v) is 12.7. The summed E-state index contributed by atoms with van der Waals surface area (Å²) in [5.74, 6) is 5.62. The lowest BCUT2D eigenvalue weighted by Gasteiger charge is -2.58. The number of alkyl halides is 1. The molecule has 3 saturated carbocycles. The van der Waals surface area contributed by atoms with Crippen molar-refractivity contribution >= 4 is 11.6 Å². The highest BCUT2D eigenvalue weighted by atomic mass is 35.5. The summed E-state index contributed by atoms with van der Waals surface area (Å²) in [5, 5.41) is 0.396. The first-order chi connectivity index (χ1) is 13.3. The van der Waals surface area contributed by atoms with Gasteiger partial charge in [-0.15, -0.1) is 11.6 Å². The van der Waals surface area contributed by atoms with Crippen LogP contribution < -0.4 is 0 Å². The Kier molecular flexibility index (Phi) is 6.03. The van der Waals surface area contributed by atoms with Gasteiger partial charge in [-0.05, 0) is 97.7 Å². The first-order valence-corrected chi connectivity index (χ1v) is 13.0. The van der Waals surface area contributed by atoms with E-state index >= 15 is 0 Å². The summed E-state index contributed by atoms with van der Waals surface area (Å²) in [6.45, 7) is 12.7. The summed E-state index contributed by atoms with van der Waals surface area (Å²) in [4.78, 5) is 0. The minimum absolute atomic E-state index is 0.396. The quantitative estimate of drug-likeness (QED) is 0.317. The van der Waals surface area contributed by atoms with Crippen LogP contribution in [0.15, 0.2) is 11.6 Å². The van der Waals surface area contributed by atoms with Gasteiger partial charge in [-0.25, -0.2) is 0 Å². The van der Waals surface area contributed by atoms with Crippen molar-refractivity contribution in [2.24, 2.45) is 46.3 Å². The van der Waals surface area contributed by atoms with Gasteiger partial charge in [0.1, 0.15) is 0 Å². The third-order valence-corrected chi connectivity index (χ3v) is 10.6. The number of fused-ring (bicyclic) bond motifs is 5. The van der Waals surface area contributed by atoms with E-state index in [0.29, 0.717) is 16.2 Å². The molecule has 1 unspecified atom stereocenters. The van der Waals surface area contributed by atoms with Crippen LogP contribution in [0.25, 0.3) is 0 Å². The molecule has 0 aliphatic heterocycles. The van der Waals surface area contributed by atoms with Crippen molar-refractivity contribution in [1.82, 2.24) is 0 Å². The van der Waals surface area contributed by atoms with Crippen LogP contribution in [-0.4, -0.2) is 5.38 Å². The first kappa shape index (κ1) is 21.3. The molecule has 1 heteroatoms. The average molecular weight is 405 g/mol. The van der Waals surface area contributed by atoms with Crippen molar-refractivity contribution < 1.29 is 0 Å². The Labute approximate surface area is 180 Å². The summed E-state index contributed by atoms with van der Waals surface area (Å²) < 4.78 is 0. The smallest absolute Gasteiger partial charge is 0.0373 e. The molecule has 0 aromatic heterocycles. The molecule has 4 aliphatic carbocycles. The number of rotatable bonds is 5. The number of hydrogen-bond donors (Lipinski definition) is 0. The average Bonchev–Trinajstić information content (AvgIpc) is 2.99. The molecule has 0 aromatic carbocycles. The van der Waals surface area contributed by atoms with Crippen molar-refractivity contribution in [3.05, 3.63) is 11.6 Å². The van der Waals surface area contributed by atoms with Crippen LogP contribution in [0.5, 0.6) is 0 Å². The number of hydrogen-bond acceptors (Lipinski definition) is 0. The van der Waals surface area contributed by atoms with Gasteiger partial charge in [-0.2, -0.15) is 0 Å². The zero-order valence-corrected chi connectivity index (χ0v) is 20.0. The fraction of sp³-hybridized carbons (Fsp3) is 0.926. The van der Waals surface area contributed by atoms with Crippen molar-refractivity contribution in [3.8, 4) is 0 Å². The molecule has 28 heavy (non-hydrogen) atoms. The molecular formula is C27H45Cl. The fourth-order valence-corrected chi connectivity index (χ4v) is 8.92. The second kappa shape index (κ2) is 7.94. The monoisotopic (exact) mass is 404 g/mol. The predicted molar refractivity (Wildman–Crippen MR) is 123 cm³/mol. The molecule has 0 N–H and O–H groups in total. The van der Waals surface area contributed by atoms with Gasteiger partial charge < -0.3 is 0 Å². The Morgan fingerprint density at radius 1 is 1.00 bits per heavy atom. The Morgan fingerprint density at radius 3 is 2.54 bits per heavy atom. The lowest BCUT2D eigenvalue weighted by Crippen LogP contribution is -2.50. The Bertz CT molecular complexity index is 591. The minimum Gasteiger partial charge on any atom is -0.123 e. The van der Waals surface area contributed by atoms with E-state index in [9.17, 15) is 0 Å². The van der Waals surface area contributed by atoms with E-state index < -0.39 is 0 Å². The van der Waals surface area contributed by atoms with Crippen LogP contribution in [0.2, 0.25) is 0 Å². The molecule has 0 spiro atoms. The summed E-state index contributed by atoms with van der Waals surface area (Å²) in [5.41, 5.74) is 2.82. The van der Waals surface area contributed by atoms with Crippen LogP contribution in [0.4, 0.5) is 0 Å². The Balaban J connectivity index is 1.49. The summed E-state index contributed by atoms with van der Waals surface area (Å²) in [6.07, 6.45) is 18.0. The molecule has 0 nitrogen and oxygen atoms in total. The van der Waals surface area contributed by atoms with Gasteiger partial charge in [-0.3, -0.25) is 0 Å². The summed E-state index contributed by atoms with van der Waals surface area (Å²) >= 11 is 6.56. The molecule has 160 valence electrons. The van der Waals surface area contributed by atoms with Gasteiger partial charge in [0.2, 0.25) is 0 Å². The topological polar surface area (TPSA) is 0 Å². The Morgan fingerprint density at radius 2 is 1.79 bits per heavy atom. The van der Waals surface area contributed by atoms with E-state index in [1.807, 2.05) is 0 Å².